The number of ether oxygens (including phenoxy) is 1. The minimum Gasteiger partial charge on any atom is -0.488 e. The van der Waals surface area contributed by atoms with Crippen molar-refractivity contribution in [1.82, 2.24) is 10.6 Å². The van der Waals surface area contributed by atoms with Crippen LogP contribution in [0, 0.1) is 5.82 Å². The number of benzene rings is 2. The van der Waals surface area contributed by atoms with Gasteiger partial charge in [-0.3, -0.25) is 4.99 Å². The van der Waals surface area contributed by atoms with Gasteiger partial charge in [0, 0.05) is 20.0 Å². The molecule has 0 fully saturated rings. The highest BCUT2D eigenvalue weighted by molar-refractivity contribution is 5.79. The molecule has 0 bridgehead atoms. The van der Waals surface area contributed by atoms with Crippen molar-refractivity contribution in [2.75, 3.05) is 20.1 Å². The van der Waals surface area contributed by atoms with Gasteiger partial charge in [0.05, 0.1) is 6.54 Å². The normalized spacial score (nSPS) is 16.4. The van der Waals surface area contributed by atoms with Crippen molar-refractivity contribution in [2.45, 2.75) is 18.9 Å². The van der Waals surface area contributed by atoms with Gasteiger partial charge in [-0.25, -0.2) is 4.39 Å². The van der Waals surface area contributed by atoms with Gasteiger partial charge in [0.1, 0.15) is 17.7 Å². The SMILES string of the molecule is CN=C(NCCc1ccccc1F)NCC1Cc2ccccc2O1. The quantitative estimate of drug-likeness (QED) is 0.655. The van der Waals surface area contributed by atoms with Crippen molar-refractivity contribution < 1.29 is 9.13 Å². The first kappa shape index (κ1) is 16.3. The molecule has 0 amide bonds. The van der Waals surface area contributed by atoms with E-state index in [9.17, 15) is 4.39 Å². The van der Waals surface area contributed by atoms with Crippen LogP contribution in [0.2, 0.25) is 0 Å². The molecule has 0 saturated heterocycles. The van der Waals surface area contributed by atoms with E-state index in [0.29, 0.717) is 31.0 Å². The summed E-state index contributed by atoms with van der Waals surface area (Å²) in [6.07, 6.45) is 1.61. The molecule has 0 spiro atoms. The Labute approximate surface area is 141 Å². The fraction of sp³-hybridized carbons (Fsp3) is 0.316. The molecule has 1 heterocycles. The predicted molar refractivity (Wildman–Crippen MR) is 94.0 cm³/mol. The molecular formula is C19H22FN3O. The second-order valence-corrected chi connectivity index (χ2v) is 5.77. The molecule has 1 atom stereocenters. The van der Waals surface area contributed by atoms with Crippen LogP contribution in [0.1, 0.15) is 11.1 Å². The van der Waals surface area contributed by atoms with Crippen LogP contribution in [-0.4, -0.2) is 32.2 Å². The second kappa shape index (κ2) is 7.81. The molecule has 2 N–H and O–H groups in total. The summed E-state index contributed by atoms with van der Waals surface area (Å²) < 4.78 is 19.5. The van der Waals surface area contributed by atoms with Crippen LogP contribution in [0.5, 0.6) is 5.75 Å². The van der Waals surface area contributed by atoms with E-state index in [1.807, 2.05) is 24.3 Å². The summed E-state index contributed by atoms with van der Waals surface area (Å²) in [7, 11) is 1.72. The van der Waals surface area contributed by atoms with E-state index in [1.54, 1.807) is 19.2 Å². The number of nitrogens with zero attached hydrogens (tertiary/aromatic N) is 1. The van der Waals surface area contributed by atoms with Crippen LogP contribution in [0.4, 0.5) is 4.39 Å². The molecular weight excluding hydrogens is 305 g/mol. The first-order valence-electron chi connectivity index (χ1n) is 8.19. The molecule has 3 rings (SSSR count). The monoisotopic (exact) mass is 327 g/mol. The largest absolute Gasteiger partial charge is 0.488 e. The lowest BCUT2D eigenvalue weighted by Gasteiger charge is -2.15. The maximum absolute atomic E-state index is 13.6. The van der Waals surface area contributed by atoms with Gasteiger partial charge in [-0.05, 0) is 29.7 Å². The minimum atomic E-state index is -0.167. The Morgan fingerprint density at radius 2 is 1.96 bits per heavy atom. The molecule has 1 aliphatic heterocycles. The fourth-order valence-electron chi connectivity index (χ4n) is 2.82. The molecule has 0 aromatic heterocycles. The molecule has 1 aliphatic rings. The van der Waals surface area contributed by atoms with Gasteiger partial charge in [-0.2, -0.15) is 0 Å². The molecule has 5 heteroatoms. The van der Waals surface area contributed by atoms with Crippen molar-refractivity contribution >= 4 is 5.96 Å². The first-order chi connectivity index (χ1) is 11.8. The summed E-state index contributed by atoms with van der Waals surface area (Å²) in [6.45, 7) is 1.29. The van der Waals surface area contributed by atoms with Gasteiger partial charge in [0.2, 0.25) is 0 Å². The summed E-state index contributed by atoms with van der Waals surface area (Å²) in [6, 6.07) is 14.9. The van der Waals surface area contributed by atoms with E-state index in [4.69, 9.17) is 4.74 Å². The van der Waals surface area contributed by atoms with Gasteiger partial charge in [0.25, 0.3) is 0 Å². The second-order valence-electron chi connectivity index (χ2n) is 5.77. The summed E-state index contributed by atoms with van der Waals surface area (Å²) in [5, 5.41) is 6.47. The zero-order valence-electron chi connectivity index (χ0n) is 13.8. The Kier molecular flexibility index (Phi) is 5.31. The van der Waals surface area contributed by atoms with Gasteiger partial charge >= 0.3 is 0 Å². The molecule has 126 valence electrons. The summed E-state index contributed by atoms with van der Waals surface area (Å²) in [5.74, 6) is 1.50. The topological polar surface area (TPSA) is 45.7 Å². The Hall–Kier alpha value is -2.56. The number of nitrogens with one attached hydrogen (secondary N) is 2. The van der Waals surface area contributed by atoms with Crippen molar-refractivity contribution in [3.8, 4) is 5.75 Å². The fourth-order valence-corrected chi connectivity index (χ4v) is 2.82. The first-order valence-corrected chi connectivity index (χ1v) is 8.19. The summed E-state index contributed by atoms with van der Waals surface area (Å²) in [4.78, 5) is 4.20. The lowest BCUT2D eigenvalue weighted by molar-refractivity contribution is 0.235. The number of para-hydroxylation sites is 1. The van der Waals surface area contributed by atoms with Crippen molar-refractivity contribution in [2.24, 2.45) is 4.99 Å². The van der Waals surface area contributed by atoms with Crippen molar-refractivity contribution in [3.05, 3.63) is 65.5 Å². The lowest BCUT2D eigenvalue weighted by atomic mass is 10.1. The Balaban J connectivity index is 1.42. The molecule has 2 aromatic carbocycles. The van der Waals surface area contributed by atoms with E-state index < -0.39 is 0 Å². The van der Waals surface area contributed by atoms with Crippen LogP contribution in [0.3, 0.4) is 0 Å². The zero-order valence-corrected chi connectivity index (χ0v) is 13.8. The van der Waals surface area contributed by atoms with Crippen molar-refractivity contribution in [1.29, 1.82) is 0 Å². The van der Waals surface area contributed by atoms with E-state index >= 15 is 0 Å². The molecule has 24 heavy (non-hydrogen) atoms. The number of guanidine groups is 1. The standard InChI is InChI=1S/C19H22FN3O/c1-21-19(22-11-10-14-6-2-4-8-17(14)20)23-13-16-12-15-7-3-5-9-18(15)24-16/h2-9,16H,10-13H2,1H3,(H2,21,22,23). The van der Waals surface area contributed by atoms with Crippen molar-refractivity contribution in [3.63, 3.8) is 0 Å². The number of aliphatic imine (C=N–C) groups is 1. The third kappa shape index (κ3) is 4.04. The highest BCUT2D eigenvalue weighted by Gasteiger charge is 2.22. The third-order valence-electron chi connectivity index (χ3n) is 4.08. The Bertz CT molecular complexity index is 692. The minimum absolute atomic E-state index is 0.104. The lowest BCUT2D eigenvalue weighted by Crippen LogP contribution is -2.42. The highest BCUT2D eigenvalue weighted by atomic mass is 19.1. The molecule has 1 unspecified atom stereocenters. The summed E-state index contributed by atoms with van der Waals surface area (Å²) in [5.41, 5.74) is 1.95. The molecule has 2 aromatic rings. The van der Waals surface area contributed by atoms with Gasteiger partial charge in [-0.15, -0.1) is 0 Å². The zero-order chi connectivity index (χ0) is 16.8. The van der Waals surface area contributed by atoms with E-state index in [0.717, 1.165) is 12.2 Å². The average Bonchev–Trinajstić information content (AvgIpc) is 3.02. The number of hydrogen-bond donors (Lipinski definition) is 2. The highest BCUT2D eigenvalue weighted by Crippen LogP contribution is 2.27. The van der Waals surface area contributed by atoms with Crippen LogP contribution >= 0.6 is 0 Å². The van der Waals surface area contributed by atoms with Crippen LogP contribution in [0.15, 0.2) is 53.5 Å². The Morgan fingerprint density at radius 1 is 1.17 bits per heavy atom. The van der Waals surface area contributed by atoms with Crippen LogP contribution < -0.4 is 15.4 Å². The number of fused-ring (bicyclic) bond motifs is 1. The molecule has 0 aliphatic carbocycles. The number of rotatable bonds is 5. The van der Waals surface area contributed by atoms with Crippen LogP contribution in [-0.2, 0) is 12.8 Å². The third-order valence-corrected chi connectivity index (χ3v) is 4.08. The molecule has 4 nitrogen and oxygen atoms in total. The Morgan fingerprint density at radius 3 is 2.75 bits per heavy atom. The van der Waals surface area contributed by atoms with Gasteiger partial charge < -0.3 is 15.4 Å². The van der Waals surface area contributed by atoms with E-state index in [2.05, 4.69) is 21.7 Å². The maximum Gasteiger partial charge on any atom is 0.191 e. The molecule has 0 saturated carbocycles. The number of hydrogen-bond acceptors (Lipinski definition) is 2. The van der Waals surface area contributed by atoms with Crippen LogP contribution in [0.25, 0.3) is 0 Å². The predicted octanol–water partition coefficient (Wildman–Crippen LogP) is 2.54. The summed E-state index contributed by atoms with van der Waals surface area (Å²) >= 11 is 0. The van der Waals surface area contributed by atoms with E-state index in [-0.39, 0.29) is 11.9 Å². The molecule has 0 radical (unpaired) electrons. The van der Waals surface area contributed by atoms with Gasteiger partial charge in [0.15, 0.2) is 5.96 Å². The maximum atomic E-state index is 13.6. The van der Waals surface area contributed by atoms with Gasteiger partial charge in [-0.1, -0.05) is 36.4 Å². The average molecular weight is 327 g/mol. The number of halogens is 1. The smallest absolute Gasteiger partial charge is 0.191 e. The van der Waals surface area contributed by atoms with E-state index in [1.165, 1.54) is 11.6 Å².